The summed E-state index contributed by atoms with van der Waals surface area (Å²) in [7, 11) is 0. The van der Waals surface area contributed by atoms with Gasteiger partial charge in [-0.1, -0.05) is 24.6 Å². The predicted molar refractivity (Wildman–Crippen MR) is 111 cm³/mol. The summed E-state index contributed by atoms with van der Waals surface area (Å²) < 4.78 is 1.98. The number of carbonyl (C=O) groups is 1. The maximum absolute atomic E-state index is 12.6. The second-order valence-electron chi connectivity index (χ2n) is 7.92. The topological polar surface area (TPSA) is 99.5 Å². The number of fused-ring (bicyclic) bond motifs is 1. The summed E-state index contributed by atoms with van der Waals surface area (Å²) in [5.74, 6) is 1.46. The Morgan fingerprint density at radius 1 is 1.10 bits per heavy atom. The fourth-order valence-corrected chi connectivity index (χ4v) is 4.20. The maximum atomic E-state index is 12.6. The molecule has 1 amide bonds. The summed E-state index contributed by atoms with van der Waals surface area (Å²) in [6.45, 7) is 3.82. The second-order valence-corrected chi connectivity index (χ2v) is 7.92. The number of quaternary nitrogens is 1. The van der Waals surface area contributed by atoms with Crippen LogP contribution in [0.1, 0.15) is 41.3 Å². The molecule has 1 aromatic carbocycles. The molecule has 2 aliphatic heterocycles. The van der Waals surface area contributed by atoms with Crippen LogP contribution in [0.4, 0.5) is 0 Å². The molecule has 0 radical (unpaired) electrons. The van der Waals surface area contributed by atoms with Crippen LogP contribution in [-0.4, -0.2) is 63.4 Å². The van der Waals surface area contributed by atoms with Crippen molar-refractivity contribution in [3.63, 3.8) is 0 Å². The molecule has 8 heteroatoms. The Labute approximate surface area is 176 Å². The molecule has 2 aromatic rings. The van der Waals surface area contributed by atoms with Gasteiger partial charge in [-0.15, -0.1) is 10.2 Å². The van der Waals surface area contributed by atoms with Crippen molar-refractivity contribution in [2.45, 2.75) is 32.2 Å². The number of nitrogens with zero attached hydrogens (tertiary/aromatic N) is 5. The molecular formula is C22H27N6O2+. The van der Waals surface area contributed by atoms with E-state index in [1.54, 1.807) is 0 Å². The molecule has 0 spiro atoms. The number of benzene rings is 1. The first-order valence-corrected chi connectivity index (χ1v) is 10.6. The highest BCUT2D eigenvalue weighted by molar-refractivity contribution is 5.94. The van der Waals surface area contributed by atoms with E-state index in [1.807, 2.05) is 39.8 Å². The number of aliphatic hydroxyl groups is 1. The highest BCUT2D eigenvalue weighted by Crippen LogP contribution is 2.20. The number of nitrogens with one attached hydrogen (secondary N) is 1. The van der Waals surface area contributed by atoms with E-state index in [9.17, 15) is 15.2 Å². The van der Waals surface area contributed by atoms with E-state index in [2.05, 4.69) is 16.3 Å². The van der Waals surface area contributed by atoms with Crippen LogP contribution in [0.15, 0.2) is 36.1 Å². The molecule has 1 aromatic heterocycles. The summed E-state index contributed by atoms with van der Waals surface area (Å²) in [4.78, 5) is 15.6. The Kier molecular flexibility index (Phi) is 6.10. The zero-order chi connectivity index (χ0) is 20.9. The van der Waals surface area contributed by atoms with Gasteiger partial charge in [-0.25, -0.2) is 0 Å². The third-order valence-corrected chi connectivity index (χ3v) is 5.93. The molecule has 1 saturated heterocycles. The van der Waals surface area contributed by atoms with Crippen molar-refractivity contribution in [3.8, 4) is 6.07 Å². The van der Waals surface area contributed by atoms with Crippen molar-refractivity contribution < 1.29 is 14.8 Å². The summed E-state index contributed by atoms with van der Waals surface area (Å²) in [6, 6.07) is 11.4. The minimum Gasteiger partial charge on any atom is -0.506 e. The van der Waals surface area contributed by atoms with Crippen molar-refractivity contribution in [2.24, 2.45) is 0 Å². The van der Waals surface area contributed by atoms with Crippen LogP contribution in [0.5, 0.6) is 0 Å². The number of hydrogen-bond acceptors (Lipinski definition) is 5. The molecule has 0 unspecified atom stereocenters. The predicted octanol–water partition coefficient (Wildman–Crippen LogP) is 0.838. The van der Waals surface area contributed by atoms with Gasteiger partial charge < -0.3 is 19.5 Å². The van der Waals surface area contributed by atoms with E-state index in [0.717, 1.165) is 56.0 Å². The molecule has 30 heavy (non-hydrogen) atoms. The van der Waals surface area contributed by atoms with Gasteiger partial charge in [-0.3, -0.25) is 4.79 Å². The van der Waals surface area contributed by atoms with Crippen molar-refractivity contribution in [2.75, 3.05) is 32.7 Å². The number of hydrogen-bond donors (Lipinski definition) is 2. The van der Waals surface area contributed by atoms with Crippen LogP contribution < -0.4 is 4.90 Å². The average Bonchev–Trinajstić information content (AvgIpc) is 3.02. The summed E-state index contributed by atoms with van der Waals surface area (Å²) >= 11 is 0. The van der Waals surface area contributed by atoms with Crippen LogP contribution in [0.25, 0.3) is 5.57 Å². The molecule has 0 saturated carbocycles. The summed E-state index contributed by atoms with van der Waals surface area (Å²) in [5, 5.41) is 28.9. The molecule has 8 nitrogen and oxygen atoms in total. The number of aryl methyl sites for hydroxylation is 1. The fourth-order valence-electron chi connectivity index (χ4n) is 4.20. The molecule has 156 valence electrons. The third-order valence-electron chi connectivity index (χ3n) is 5.93. The van der Waals surface area contributed by atoms with Crippen molar-refractivity contribution in [3.05, 3.63) is 53.3 Å². The van der Waals surface area contributed by atoms with Crippen molar-refractivity contribution in [1.29, 1.82) is 5.26 Å². The minimum atomic E-state index is 0.0401. The summed E-state index contributed by atoms with van der Waals surface area (Å²) in [5.41, 5.74) is 0.911. The number of aromatic nitrogens is 3. The van der Waals surface area contributed by atoms with Crippen molar-refractivity contribution in [1.82, 2.24) is 19.7 Å². The lowest BCUT2D eigenvalue weighted by Gasteiger charge is -2.32. The van der Waals surface area contributed by atoms with Crippen LogP contribution in [0.2, 0.25) is 0 Å². The molecule has 2 aliphatic rings. The van der Waals surface area contributed by atoms with Gasteiger partial charge in [0.05, 0.1) is 26.2 Å². The number of allylic oxidation sites excluding steroid dienone is 1. The van der Waals surface area contributed by atoms with Crippen LogP contribution in [0, 0.1) is 11.3 Å². The molecular weight excluding hydrogens is 380 g/mol. The number of carbonyl (C=O) groups excluding carboxylic acids is 1. The number of aliphatic hydroxyl groups excluding tert-OH is 1. The largest absolute Gasteiger partial charge is 0.506 e. The highest BCUT2D eigenvalue weighted by Gasteiger charge is 2.27. The van der Waals surface area contributed by atoms with Crippen LogP contribution in [0.3, 0.4) is 0 Å². The van der Waals surface area contributed by atoms with E-state index < -0.39 is 0 Å². The van der Waals surface area contributed by atoms with Crippen LogP contribution in [-0.2, 0) is 13.0 Å². The first-order valence-electron chi connectivity index (χ1n) is 10.6. The van der Waals surface area contributed by atoms with Gasteiger partial charge in [0, 0.05) is 18.5 Å². The Balaban J connectivity index is 1.42. The zero-order valence-corrected chi connectivity index (χ0v) is 17.0. The van der Waals surface area contributed by atoms with Gasteiger partial charge >= 0.3 is 0 Å². The number of piperazine rings is 1. The third kappa shape index (κ3) is 4.21. The molecule has 3 heterocycles. The lowest BCUT2D eigenvalue weighted by molar-refractivity contribution is -0.900. The lowest BCUT2D eigenvalue weighted by Crippen LogP contribution is -3.15. The monoisotopic (exact) mass is 407 g/mol. The molecule has 0 bridgehead atoms. The smallest absolute Gasteiger partial charge is 0.254 e. The van der Waals surface area contributed by atoms with Crippen molar-refractivity contribution >= 4 is 11.5 Å². The molecule has 1 fully saturated rings. The van der Waals surface area contributed by atoms with E-state index in [4.69, 9.17) is 0 Å². The Bertz CT molecular complexity index is 967. The van der Waals surface area contributed by atoms with Gasteiger partial charge in [0.25, 0.3) is 5.91 Å². The van der Waals surface area contributed by atoms with E-state index in [0.29, 0.717) is 31.0 Å². The number of rotatable bonds is 4. The average molecular weight is 407 g/mol. The zero-order valence-electron chi connectivity index (χ0n) is 17.0. The van der Waals surface area contributed by atoms with E-state index in [-0.39, 0.29) is 17.2 Å². The van der Waals surface area contributed by atoms with Crippen LogP contribution >= 0.6 is 0 Å². The normalized spacial score (nSPS) is 18.2. The lowest BCUT2D eigenvalue weighted by atomic mass is 10.1. The highest BCUT2D eigenvalue weighted by atomic mass is 16.3. The second kappa shape index (κ2) is 9.09. The Morgan fingerprint density at radius 3 is 2.60 bits per heavy atom. The molecule has 4 rings (SSSR count). The SMILES string of the molecule is N#C/C(=C(/O)C[NH+]1CCN(C(=O)c2ccccc2)CC1)c1nnc2n1CCCCC2. The molecule has 0 atom stereocenters. The Hall–Kier alpha value is -3.18. The van der Waals surface area contributed by atoms with E-state index in [1.165, 1.54) is 0 Å². The summed E-state index contributed by atoms with van der Waals surface area (Å²) in [6.07, 6.45) is 4.09. The fraction of sp³-hybridized carbons (Fsp3) is 0.455. The first-order chi connectivity index (χ1) is 14.7. The van der Waals surface area contributed by atoms with E-state index >= 15 is 0 Å². The maximum Gasteiger partial charge on any atom is 0.254 e. The Morgan fingerprint density at radius 2 is 1.87 bits per heavy atom. The molecule has 2 N–H and O–H groups in total. The van der Waals surface area contributed by atoms with Gasteiger partial charge in [0.15, 0.2) is 11.6 Å². The van der Waals surface area contributed by atoms with Gasteiger partial charge in [0.1, 0.15) is 24.0 Å². The first kappa shape index (κ1) is 20.1. The standard InChI is InChI=1S/C22H26N6O2/c23-15-18(21-25-24-20-9-5-2-6-10-28(20)21)19(29)16-26-11-13-27(14-12-26)22(30)17-7-3-1-4-8-17/h1,3-4,7-8,29H,2,5-6,9-14,16H2/p+1/b19-18-. The molecule has 0 aliphatic carbocycles. The van der Waals surface area contributed by atoms with Gasteiger partial charge in [-0.05, 0) is 25.0 Å². The number of amides is 1. The van der Waals surface area contributed by atoms with Gasteiger partial charge in [0.2, 0.25) is 0 Å². The van der Waals surface area contributed by atoms with Gasteiger partial charge in [-0.2, -0.15) is 5.26 Å². The quantitative estimate of drug-likeness (QED) is 0.578. The number of nitriles is 1. The minimum absolute atomic E-state index is 0.0401.